The van der Waals surface area contributed by atoms with Gasteiger partial charge in [-0.3, -0.25) is 0 Å². The number of nitrogens with zero attached hydrogens (tertiary/aromatic N) is 2. The number of para-hydroxylation sites is 2. The van der Waals surface area contributed by atoms with E-state index in [-0.39, 0.29) is 10.7 Å². The molecule has 0 radical (unpaired) electrons. The van der Waals surface area contributed by atoms with E-state index in [1.807, 2.05) is 0 Å². The summed E-state index contributed by atoms with van der Waals surface area (Å²) >= 11 is 4.12. The van der Waals surface area contributed by atoms with Gasteiger partial charge in [0.05, 0.1) is 0 Å². The van der Waals surface area contributed by atoms with Crippen LogP contribution in [0.5, 0.6) is 0 Å². The van der Waals surface area contributed by atoms with Gasteiger partial charge in [-0.2, -0.15) is 0 Å². The summed E-state index contributed by atoms with van der Waals surface area (Å²) in [5, 5.41) is 0.565. The molecule has 2 aliphatic rings. The lowest BCUT2D eigenvalue weighted by atomic mass is 9.91. The number of thioether (sulfide) groups is 2. The normalized spacial score (nSPS) is 20.5. The monoisotopic (exact) mass is 548 g/mol. The van der Waals surface area contributed by atoms with Crippen molar-refractivity contribution in [1.29, 1.82) is 0 Å². The number of hydrogen-bond donors (Lipinski definition) is 0. The molecule has 38 heavy (non-hydrogen) atoms. The van der Waals surface area contributed by atoms with Crippen LogP contribution in [0.4, 0.5) is 11.4 Å². The molecule has 4 rings (SSSR count). The highest BCUT2D eigenvalue weighted by Crippen LogP contribution is 2.55. The molecule has 206 valence electrons. The highest BCUT2D eigenvalue weighted by Gasteiger charge is 2.45. The molecule has 0 saturated heterocycles. The van der Waals surface area contributed by atoms with Crippen LogP contribution in [-0.2, 0) is 0 Å². The smallest absolute Gasteiger partial charge is 0.114 e. The third-order valence-corrected chi connectivity index (χ3v) is 11.1. The fraction of sp³-hybridized carbons (Fsp3) is 0.529. The SMILES string of the molecule is CC1=C(C)N(c2c(C(C)C)cccc2C(C)C)C(C2SC(C)=C(C)N2c2c(C(C)C)cccc2C(C)C)S1. The second-order valence-corrected chi connectivity index (χ2v) is 14.9. The van der Waals surface area contributed by atoms with E-state index >= 15 is 0 Å². The van der Waals surface area contributed by atoms with Crippen LogP contribution >= 0.6 is 23.5 Å². The van der Waals surface area contributed by atoms with E-state index in [4.69, 9.17) is 0 Å². The maximum Gasteiger partial charge on any atom is 0.114 e. The Kier molecular flexibility index (Phi) is 8.74. The van der Waals surface area contributed by atoms with Gasteiger partial charge in [0.1, 0.15) is 10.7 Å². The molecule has 2 nitrogen and oxygen atoms in total. The van der Waals surface area contributed by atoms with E-state index < -0.39 is 0 Å². The van der Waals surface area contributed by atoms with E-state index in [2.05, 4.69) is 153 Å². The van der Waals surface area contributed by atoms with Gasteiger partial charge in [0, 0.05) is 32.6 Å². The van der Waals surface area contributed by atoms with E-state index in [9.17, 15) is 0 Å². The molecule has 0 fully saturated rings. The second kappa shape index (κ2) is 11.4. The molecule has 2 unspecified atom stereocenters. The number of rotatable bonds is 7. The predicted molar refractivity (Wildman–Crippen MR) is 174 cm³/mol. The molecular weight excluding hydrogens is 501 g/mol. The molecule has 0 bridgehead atoms. The highest BCUT2D eigenvalue weighted by molar-refractivity contribution is 8.07. The number of hydrogen-bond acceptors (Lipinski definition) is 4. The molecule has 2 aliphatic heterocycles. The van der Waals surface area contributed by atoms with Crippen molar-refractivity contribution in [3.05, 3.63) is 79.9 Å². The lowest BCUT2D eigenvalue weighted by molar-refractivity contribution is 0.727. The summed E-state index contributed by atoms with van der Waals surface area (Å²) < 4.78 is 0. The van der Waals surface area contributed by atoms with E-state index in [0.717, 1.165) is 0 Å². The predicted octanol–water partition coefficient (Wildman–Crippen LogP) is 11.1. The van der Waals surface area contributed by atoms with Gasteiger partial charge in [0.25, 0.3) is 0 Å². The standard InChI is InChI=1S/C34H48N2S2/c1-19(2)27-15-13-16-28(20(3)4)31(27)35-23(9)25(11)37-33(35)34-36(24(10)26(12)38-34)32-29(21(5)6)17-14-18-30(32)22(7)8/h13-22,33-34H,1-12H3. The highest BCUT2D eigenvalue weighted by atomic mass is 32.2. The minimum Gasteiger partial charge on any atom is -0.328 e. The van der Waals surface area contributed by atoms with E-state index in [1.54, 1.807) is 0 Å². The number of allylic oxidation sites excluding steroid dienone is 4. The van der Waals surface area contributed by atoms with Crippen LogP contribution in [0.25, 0.3) is 0 Å². The molecular formula is C34H48N2S2. The third-order valence-electron chi connectivity index (χ3n) is 8.26. The average molecular weight is 549 g/mol. The Morgan fingerprint density at radius 2 is 0.763 bits per heavy atom. The molecule has 2 heterocycles. The van der Waals surface area contributed by atoms with Gasteiger partial charge in [-0.15, -0.1) is 23.5 Å². The van der Waals surface area contributed by atoms with Crippen molar-refractivity contribution >= 4 is 34.9 Å². The van der Waals surface area contributed by atoms with Crippen molar-refractivity contribution in [3.63, 3.8) is 0 Å². The first-order valence-corrected chi connectivity index (χ1v) is 16.1. The summed E-state index contributed by atoms with van der Waals surface area (Å²) in [6, 6.07) is 13.9. The molecule has 0 amide bonds. The van der Waals surface area contributed by atoms with Gasteiger partial charge in [-0.05, 0) is 73.6 Å². The molecule has 0 saturated carbocycles. The van der Waals surface area contributed by atoms with Crippen LogP contribution < -0.4 is 9.80 Å². The molecule has 0 aromatic heterocycles. The Labute approximate surface area is 241 Å². The van der Waals surface area contributed by atoms with Crippen molar-refractivity contribution < 1.29 is 0 Å². The molecule has 0 N–H and O–H groups in total. The van der Waals surface area contributed by atoms with Crippen molar-refractivity contribution in [3.8, 4) is 0 Å². The van der Waals surface area contributed by atoms with Crippen LogP contribution in [0.3, 0.4) is 0 Å². The Bertz CT molecular complexity index is 1100. The molecule has 2 aromatic carbocycles. The Morgan fingerprint density at radius 3 is 1.00 bits per heavy atom. The van der Waals surface area contributed by atoms with Crippen LogP contribution in [0.1, 0.15) is 129 Å². The number of benzene rings is 2. The minimum absolute atomic E-state index is 0.282. The summed E-state index contributed by atoms with van der Waals surface area (Å²) in [7, 11) is 0. The zero-order chi connectivity index (χ0) is 28.0. The zero-order valence-corrected chi connectivity index (χ0v) is 27.3. The number of anilines is 2. The van der Waals surface area contributed by atoms with Crippen molar-refractivity contribution in [2.45, 2.75) is 118 Å². The Hall–Kier alpha value is -1.78. The van der Waals surface area contributed by atoms with Crippen LogP contribution in [-0.4, -0.2) is 10.7 Å². The summed E-state index contributed by atoms with van der Waals surface area (Å²) in [6.07, 6.45) is 0. The lowest BCUT2D eigenvalue weighted by Gasteiger charge is -2.41. The Morgan fingerprint density at radius 1 is 0.500 bits per heavy atom. The van der Waals surface area contributed by atoms with Gasteiger partial charge in [0.15, 0.2) is 0 Å². The summed E-state index contributed by atoms with van der Waals surface area (Å²) in [4.78, 5) is 8.31. The summed E-state index contributed by atoms with van der Waals surface area (Å²) in [6.45, 7) is 28.0. The summed E-state index contributed by atoms with van der Waals surface area (Å²) in [5.41, 5.74) is 11.5. The van der Waals surface area contributed by atoms with Crippen molar-refractivity contribution in [2.75, 3.05) is 9.80 Å². The van der Waals surface area contributed by atoms with Gasteiger partial charge in [-0.25, -0.2) is 0 Å². The first kappa shape index (κ1) is 29.2. The molecule has 0 aliphatic carbocycles. The third kappa shape index (κ3) is 5.08. The first-order chi connectivity index (χ1) is 17.9. The van der Waals surface area contributed by atoms with Gasteiger partial charge in [0.2, 0.25) is 0 Å². The molecule has 2 atom stereocenters. The van der Waals surface area contributed by atoms with Crippen LogP contribution in [0.15, 0.2) is 57.6 Å². The lowest BCUT2D eigenvalue weighted by Crippen LogP contribution is -2.45. The zero-order valence-electron chi connectivity index (χ0n) is 25.6. The van der Waals surface area contributed by atoms with Crippen molar-refractivity contribution in [1.82, 2.24) is 0 Å². The molecule has 0 spiro atoms. The molecule has 4 heteroatoms. The largest absolute Gasteiger partial charge is 0.328 e. The van der Waals surface area contributed by atoms with Gasteiger partial charge < -0.3 is 9.80 Å². The fourth-order valence-electron chi connectivity index (χ4n) is 5.90. The van der Waals surface area contributed by atoms with Gasteiger partial charge >= 0.3 is 0 Å². The second-order valence-electron chi connectivity index (χ2n) is 12.2. The minimum atomic E-state index is 0.282. The average Bonchev–Trinajstić information content (AvgIpc) is 3.32. The summed E-state index contributed by atoms with van der Waals surface area (Å²) in [5.74, 6) is 1.86. The van der Waals surface area contributed by atoms with Crippen LogP contribution in [0.2, 0.25) is 0 Å². The maximum atomic E-state index is 2.72. The fourth-order valence-corrected chi connectivity index (χ4v) is 8.71. The Balaban J connectivity index is 1.94. The van der Waals surface area contributed by atoms with E-state index in [0.29, 0.717) is 23.7 Å². The first-order valence-electron chi connectivity index (χ1n) is 14.4. The topological polar surface area (TPSA) is 6.48 Å². The maximum absolute atomic E-state index is 2.72. The van der Waals surface area contributed by atoms with Crippen molar-refractivity contribution in [2.24, 2.45) is 0 Å². The van der Waals surface area contributed by atoms with Gasteiger partial charge in [-0.1, -0.05) is 91.8 Å². The van der Waals surface area contributed by atoms with Crippen LogP contribution in [0, 0.1) is 0 Å². The molecule has 2 aromatic rings. The quantitative estimate of drug-likeness (QED) is 0.339. The van der Waals surface area contributed by atoms with E-state index in [1.165, 1.54) is 54.8 Å².